The molecule has 2 aromatic carbocycles. The molecule has 4 aromatic rings. The van der Waals surface area contributed by atoms with Gasteiger partial charge in [-0.2, -0.15) is 26.3 Å². The summed E-state index contributed by atoms with van der Waals surface area (Å²) in [7, 11) is 0. The first kappa shape index (κ1) is 24.2. The molecule has 35 heavy (non-hydrogen) atoms. The number of halogens is 7. The molecule has 5 nitrogen and oxygen atoms in total. The second-order valence-electron chi connectivity index (χ2n) is 7.56. The van der Waals surface area contributed by atoms with Gasteiger partial charge in [-0.3, -0.25) is 9.20 Å². The zero-order valence-electron chi connectivity index (χ0n) is 17.6. The van der Waals surface area contributed by atoms with E-state index in [2.05, 4.69) is 15.5 Å². The van der Waals surface area contributed by atoms with Crippen LogP contribution >= 0.6 is 0 Å². The third-order valence-corrected chi connectivity index (χ3v) is 5.15. The molecular formula is C23H15F7N4O. The standard InChI is InChI=1S/C23H15F7N4O/c24-18-4-2-1-3-13(18)7-8-31-21(35)14-5-6-19-32-33-20(34(19)12-14)15-9-16(22(25,26)27)11-17(10-15)23(28,29)30/h1-6,9-12H,7-8H2,(H,31,35). The fourth-order valence-corrected chi connectivity index (χ4v) is 3.42. The molecule has 0 saturated heterocycles. The van der Waals surface area contributed by atoms with Gasteiger partial charge in [0.1, 0.15) is 5.82 Å². The number of alkyl halides is 6. The molecule has 4 rings (SSSR count). The third-order valence-electron chi connectivity index (χ3n) is 5.15. The fourth-order valence-electron chi connectivity index (χ4n) is 3.42. The van der Waals surface area contributed by atoms with E-state index in [1.54, 1.807) is 12.1 Å². The molecule has 0 saturated carbocycles. The zero-order chi connectivity index (χ0) is 25.4. The molecule has 0 fully saturated rings. The molecule has 0 aliphatic carbocycles. The lowest BCUT2D eigenvalue weighted by molar-refractivity contribution is -0.143. The predicted molar refractivity (Wildman–Crippen MR) is 111 cm³/mol. The van der Waals surface area contributed by atoms with Gasteiger partial charge in [-0.05, 0) is 48.4 Å². The van der Waals surface area contributed by atoms with E-state index in [4.69, 9.17) is 0 Å². The minimum absolute atomic E-state index is 0.0151. The maximum Gasteiger partial charge on any atom is 0.416 e. The van der Waals surface area contributed by atoms with Crippen molar-refractivity contribution in [1.82, 2.24) is 19.9 Å². The van der Waals surface area contributed by atoms with Crippen molar-refractivity contribution in [3.8, 4) is 11.4 Å². The first-order chi connectivity index (χ1) is 16.4. The van der Waals surface area contributed by atoms with Crippen LogP contribution in [0, 0.1) is 5.82 Å². The molecule has 0 unspecified atom stereocenters. The van der Waals surface area contributed by atoms with Gasteiger partial charge in [0, 0.05) is 18.3 Å². The smallest absolute Gasteiger partial charge is 0.352 e. The van der Waals surface area contributed by atoms with E-state index >= 15 is 0 Å². The van der Waals surface area contributed by atoms with Crippen LogP contribution in [0.4, 0.5) is 30.7 Å². The number of benzene rings is 2. The average Bonchev–Trinajstić information content (AvgIpc) is 3.22. The van der Waals surface area contributed by atoms with Crippen molar-refractivity contribution in [3.05, 3.63) is 88.9 Å². The highest BCUT2D eigenvalue weighted by Gasteiger charge is 2.37. The number of nitrogens with one attached hydrogen (secondary N) is 1. The number of aromatic nitrogens is 3. The van der Waals surface area contributed by atoms with Gasteiger partial charge in [0.15, 0.2) is 11.5 Å². The monoisotopic (exact) mass is 496 g/mol. The summed E-state index contributed by atoms with van der Waals surface area (Å²) >= 11 is 0. The van der Waals surface area contributed by atoms with E-state index in [1.807, 2.05) is 0 Å². The lowest BCUT2D eigenvalue weighted by Gasteiger charge is -2.13. The largest absolute Gasteiger partial charge is 0.416 e. The van der Waals surface area contributed by atoms with Crippen molar-refractivity contribution in [1.29, 1.82) is 0 Å². The van der Waals surface area contributed by atoms with Gasteiger partial charge in [-0.1, -0.05) is 18.2 Å². The van der Waals surface area contributed by atoms with E-state index < -0.39 is 40.8 Å². The van der Waals surface area contributed by atoms with E-state index in [-0.39, 0.29) is 36.1 Å². The number of carbonyl (C=O) groups is 1. The van der Waals surface area contributed by atoms with Crippen LogP contribution < -0.4 is 5.32 Å². The van der Waals surface area contributed by atoms with E-state index in [0.717, 1.165) is 4.40 Å². The molecule has 182 valence electrons. The second kappa shape index (κ2) is 9.01. The summed E-state index contributed by atoms with van der Waals surface area (Å²) in [6.45, 7) is 0.0927. The molecule has 0 atom stereocenters. The summed E-state index contributed by atoms with van der Waals surface area (Å²) in [6, 6.07) is 9.85. The van der Waals surface area contributed by atoms with Crippen molar-refractivity contribution in [2.75, 3.05) is 6.54 Å². The number of hydrogen-bond donors (Lipinski definition) is 1. The quantitative estimate of drug-likeness (QED) is 0.369. The molecule has 1 amide bonds. The van der Waals surface area contributed by atoms with Crippen LogP contribution in [0.1, 0.15) is 27.0 Å². The number of carbonyl (C=O) groups excluding carboxylic acids is 1. The highest BCUT2D eigenvalue weighted by atomic mass is 19.4. The number of rotatable bonds is 5. The molecule has 12 heteroatoms. The summed E-state index contributed by atoms with van der Waals surface area (Å²) in [5, 5.41) is 10.1. The molecule has 0 bridgehead atoms. The van der Waals surface area contributed by atoms with Crippen LogP contribution in [0.25, 0.3) is 17.0 Å². The number of hydrogen-bond acceptors (Lipinski definition) is 3. The maximum absolute atomic E-state index is 13.7. The Morgan fingerprint density at radius 3 is 2.17 bits per heavy atom. The van der Waals surface area contributed by atoms with Crippen molar-refractivity contribution >= 4 is 11.6 Å². The summed E-state index contributed by atoms with van der Waals surface area (Å²) in [5.74, 6) is -1.31. The van der Waals surface area contributed by atoms with Crippen LogP contribution in [0.15, 0.2) is 60.8 Å². The highest BCUT2D eigenvalue weighted by molar-refractivity contribution is 5.94. The zero-order valence-corrected chi connectivity index (χ0v) is 17.6. The Bertz CT molecular complexity index is 1360. The first-order valence-electron chi connectivity index (χ1n) is 10.1. The number of nitrogens with zero attached hydrogens (tertiary/aromatic N) is 3. The molecule has 2 heterocycles. The van der Waals surface area contributed by atoms with Gasteiger partial charge in [0.2, 0.25) is 0 Å². The van der Waals surface area contributed by atoms with Gasteiger partial charge in [0.05, 0.1) is 16.7 Å². The summed E-state index contributed by atoms with van der Waals surface area (Å²) in [4.78, 5) is 12.5. The Labute approximate surface area is 193 Å². The lowest BCUT2D eigenvalue weighted by Crippen LogP contribution is -2.26. The summed E-state index contributed by atoms with van der Waals surface area (Å²) in [6.07, 6.45) is -8.64. The minimum atomic E-state index is -5.03. The van der Waals surface area contributed by atoms with E-state index in [0.29, 0.717) is 17.7 Å². The van der Waals surface area contributed by atoms with Crippen LogP contribution in [-0.4, -0.2) is 27.0 Å². The lowest BCUT2D eigenvalue weighted by atomic mass is 10.0. The van der Waals surface area contributed by atoms with Gasteiger partial charge in [-0.25, -0.2) is 4.39 Å². The molecule has 0 radical (unpaired) electrons. The Balaban J connectivity index is 1.65. The number of fused-ring (bicyclic) bond motifs is 1. The maximum atomic E-state index is 13.7. The Kier molecular flexibility index (Phi) is 6.22. The van der Waals surface area contributed by atoms with Crippen molar-refractivity contribution in [2.24, 2.45) is 0 Å². The topological polar surface area (TPSA) is 59.3 Å². The summed E-state index contributed by atoms with van der Waals surface area (Å²) < 4.78 is 94.3. The SMILES string of the molecule is O=C(NCCc1ccccc1F)c1ccc2nnc(-c3cc(C(F)(F)F)cc(C(F)(F)F)c3)n2c1. The van der Waals surface area contributed by atoms with Crippen LogP contribution in [0.3, 0.4) is 0 Å². The number of amides is 1. The van der Waals surface area contributed by atoms with E-state index in [1.165, 1.54) is 30.5 Å². The first-order valence-corrected chi connectivity index (χ1v) is 10.1. The minimum Gasteiger partial charge on any atom is -0.352 e. The average molecular weight is 496 g/mol. The number of pyridine rings is 1. The van der Waals surface area contributed by atoms with E-state index in [9.17, 15) is 35.5 Å². The van der Waals surface area contributed by atoms with Crippen molar-refractivity contribution < 1.29 is 35.5 Å². The van der Waals surface area contributed by atoms with Gasteiger partial charge >= 0.3 is 12.4 Å². The van der Waals surface area contributed by atoms with Crippen molar-refractivity contribution in [2.45, 2.75) is 18.8 Å². The van der Waals surface area contributed by atoms with Crippen LogP contribution in [-0.2, 0) is 18.8 Å². The predicted octanol–water partition coefficient (Wildman–Crippen LogP) is 5.55. The summed E-state index contributed by atoms with van der Waals surface area (Å²) in [5.41, 5.74) is -2.92. The molecular weight excluding hydrogens is 481 g/mol. The Morgan fingerprint density at radius 2 is 1.54 bits per heavy atom. The third kappa shape index (κ3) is 5.26. The molecule has 2 aromatic heterocycles. The normalized spacial score (nSPS) is 12.2. The fraction of sp³-hybridized carbons (Fsp3) is 0.174. The van der Waals surface area contributed by atoms with Crippen LogP contribution in [0.2, 0.25) is 0 Å². The van der Waals surface area contributed by atoms with Crippen LogP contribution in [0.5, 0.6) is 0 Å². The van der Waals surface area contributed by atoms with Gasteiger partial charge < -0.3 is 5.32 Å². The molecule has 1 N–H and O–H groups in total. The molecule has 0 aliphatic rings. The van der Waals surface area contributed by atoms with Gasteiger partial charge in [0.25, 0.3) is 5.91 Å². The van der Waals surface area contributed by atoms with Crippen molar-refractivity contribution in [3.63, 3.8) is 0 Å². The molecule has 0 spiro atoms. The Morgan fingerprint density at radius 1 is 0.886 bits per heavy atom. The van der Waals surface area contributed by atoms with Gasteiger partial charge in [-0.15, -0.1) is 10.2 Å². The molecule has 0 aliphatic heterocycles. The highest BCUT2D eigenvalue weighted by Crippen LogP contribution is 2.38. The second-order valence-corrected chi connectivity index (χ2v) is 7.56. The Hall–Kier alpha value is -3.96.